The monoisotopic (exact) mass is 278 g/mol. The molecule has 20 heavy (non-hydrogen) atoms. The van der Waals surface area contributed by atoms with Crippen LogP contribution in [-0.2, 0) is 14.4 Å². The molecule has 0 bridgehead atoms. The number of carboxylic acids is 1. The van der Waals surface area contributed by atoms with Gasteiger partial charge in [-0.2, -0.15) is 0 Å². The first kappa shape index (κ1) is 15.7. The lowest BCUT2D eigenvalue weighted by Crippen LogP contribution is -2.38. The third-order valence-electron chi connectivity index (χ3n) is 2.63. The zero-order valence-corrected chi connectivity index (χ0v) is 11.5. The molecule has 6 heteroatoms. The van der Waals surface area contributed by atoms with Gasteiger partial charge in [-0.25, -0.2) is 0 Å². The van der Waals surface area contributed by atoms with E-state index < -0.39 is 17.9 Å². The molecule has 1 aromatic carbocycles. The highest BCUT2D eigenvalue weighted by atomic mass is 16.4. The van der Waals surface area contributed by atoms with Gasteiger partial charge in [-0.05, 0) is 31.5 Å². The number of hydrogen-bond acceptors (Lipinski definition) is 3. The number of carbonyl (C=O) groups is 3. The van der Waals surface area contributed by atoms with Crippen molar-refractivity contribution in [1.29, 1.82) is 0 Å². The van der Waals surface area contributed by atoms with Crippen molar-refractivity contribution in [1.82, 2.24) is 5.32 Å². The van der Waals surface area contributed by atoms with Gasteiger partial charge in [-0.3, -0.25) is 14.4 Å². The van der Waals surface area contributed by atoms with Crippen molar-refractivity contribution in [3.8, 4) is 0 Å². The van der Waals surface area contributed by atoms with E-state index in [1.807, 2.05) is 25.1 Å². The second kappa shape index (κ2) is 7.28. The molecule has 1 rings (SSSR count). The maximum absolute atomic E-state index is 11.6. The summed E-state index contributed by atoms with van der Waals surface area (Å²) in [6, 6.07) is 6.37. The predicted octanol–water partition coefficient (Wildman–Crippen LogP) is 1.30. The first-order valence-electron chi connectivity index (χ1n) is 6.27. The van der Waals surface area contributed by atoms with Gasteiger partial charge in [0.2, 0.25) is 11.8 Å². The Labute approximate surface area is 117 Å². The molecule has 1 unspecified atom stereocenters. The van der Waals surface area contributed by atoms with Gasteiger partial charge in [-0.1, -0.05) is 12.1 Å². The van der Waals surface area contributed by atoms with Crippen molar-refractivity contribution < 1.29 is 19.5 Å². The Morgan fingerprint density at radius 3 is 2.45 bits per heavy atom. The van der Waals surface area contributed by atoms with Crippen molar-refractivity contribution in [3.05, 3.63) is 29.8 Å². The number of anilines is 1. The molecular formula is C14H18N2O4. The van der Waals surface area contributed by atoms with Crippen LogP contribution in [0.3, 0.4) is 0 Å². The van der Waals surface area contributed by atoms with Crippen molar-refractivity contribution in [2.24, 2.45) is 0 Å². The lowest BCUT2D eigenvalue weighted by atomic mass is 10.2. The van der Waals surface area contributed by atoms with Crippen molar-refractivity contribution in [2.45, 2.75) is 32.7 Å². The summed E-state index contributed by atoms with van der Waals surface area (Å²) in [5.74, 6) is -1.85. The lowest BCUT2D eigenvalue weighted by Gasteiger charge is -2.09. The minimum absolute atomic E-state index is 0.00607. The molecule has 6 nitrogen and oxygen atoms in total. The number of benzene rings is 1. The van der Waals surface area contributed by atoms with Gasteiger partial charge in [0.15, 0.2) is 0 Å². The highest BCUT2D eigenvalue weighted by Crippen LogP contribution is 2.10. The fourth-order valence-corrected chi connectivity index (χ4v) is 1.55. The molecule has 0 spiro atoms. The fraction of sp³-hybridized carbons (Fsp3) is 0.357. The Hall–Kier alpha value is -2.37. The van der Waals surface area contributed by atoms with E-state index in [9.17, 15) is 14.4 Å². The number of rotatable bonds is 6. The van der Waals surface area contributed by atoms with Crippen LogP contribution in [-0.4, -0.2) is 28.9 Å². The molecule has 0 saturated carbocycles. The number of nitrogens with one attached hydrogen (secondary N) is 2. The Morgan fingerprint density at radius 2 is 1.85 bits per heavy atom. The van der Waals surface area contributed by atoms with Crippen molar-refractivity contribution in [3.63, 3.8) is 0 Å². The van der Waals surface area contributed by atoms with Crippen LogP contribution in [0.15, 0.2) is 24.3 Å². The molecule has 108 valence electrons. The van der Waals surface area contributed by atoms with Gasteiger partial charge in [0, 0.05) is 18.5 Å². The molecule has 0 aromatic heterocycles. The van der Waals surface area contributed by atoms with Gasteiger partial charge in [0.25, 0.3) is 0 Å². The molecule has 1 atom stereocenters. The zero-order valence-electron chi connectivity index (χ0n) is 11.5. The largest absolute Gasteiger partial charge is 0.480 e. The Morgan fingerprint density at radius 1 is 1.20 bits per heavy atom. The zero-order chi connectivity index (χ0) is 15.1. The lowest BCUT2D eigenvalue weighted by molar-refractivity contribution is -0.141. The number of aryl methyl sites for hydroxylation is 1. The first-order valence-corrected chi connectivity index (χ1v) is 6.27. The second-order valence-corrected chi connectivity index (χ2v) is 4.55. The van der Waals surface area contributed by atoms with Crippen LogP contribution >= 0.6 is 0 Å². The van der Waals surface area contributed by atoms with E-state index in [4.69, 9.17) is 5.11 Å². The second-order valence-electron chi connectivity index (χ2n) is 4.55. The van der Waals surface area contributed by atoms with Crippen molar-refractivity contribution in [2.75, 3.05) is 5.32 Å². The third kappa shape index (κ3) is 5.51. The smallest absolute Gasteiger partial charge is 0.325 e. The quantitative estimate of drug-likeness (QED) is 0.731. The highest BCUT2D eigenvalue weighted by molar-refractivity contribution is 5.93. The number of hydrogen-bond donors (Lipinski definition) is 3. The van der Waals surface area contributed by atoms with E-state index in [-0.39, 0.29) is 18.7 Å². The van der Waals surface area contributed by atoms with Crippen LogP contribution in [0.25, 0.3) is 0 Å². The van der Waals surface area contributed by atoms with Crippen LogP contribution in [0.1, 0.15) is 25.3 Å². The number of amides is 2. The van der Waals surface area contributed by atoms with Gasteiger partial charge in [0.05, 0.1) is 0 Å². The Kier molecular flexibility index (Phi) is 5.71. The minimum atomic E-state index is -1.11. The molecule has 0 fully saturated rings. The summed E-state index contributed by atoms with van der Waals surface area (Å²) in [5.41, 5.74) is 1.70. The van der Waals surface area contributed by atoms with Gasteiger partial charge in [0.1, 0.15) is 6.04 Å². The highest BCUT2D eigenvalue weighted by Gasteiger charge is 2.14. The maximum Gasteiger partial charge on any atom is 0.325 e. The van der Waals surface area contributed by atoms with Crippen molar-refractivity contribution >= 4 is 23.5 Å². The molecular weight excluding hydrogens is 260 g/mol. The molecule has 2 amide bonds. The van der Waals surface area contributed by atoms with Crippen LogP contribution in [0.4, 0.5) is 5.69 Å². The average molecular weight is 278 g/mol. The van der Waals surface area contributed by atoms with Gasteiger partial charge >= 0.3 is 5.97 Å². The maximum atomic E-state index is 11.6. The minimum Gasteiger partial charge on any atom is -0.480 e. The average Bonchev–Trinajstić information content (AvgIpc) is 2.36. The fourth-order valence-electron chi connectivity index (χ4n) is 1.55. The van der Waals surface area contributed by atoms with Gasteiger partial charge in [-0.15, -0.1) is 0 Å². The summed E-state index contributed by atoms with van der Waals surface area (Å²) in [4.78, 5) is 33.6. The third-order valence-corrected chi connectivity index (χ3v) is 2.63. The standard InChI is InChI=1S/C14H18N2O4/c1-9-4-3-5-11(8-9)16-13(18)7-6-12(17)15-10(2)14(19)20/h3-5,8,10H,6-7H2,1-2H3,(H,15,17)(H,16,18)(H,19,20). The van der Waals surface area contributed by atoms with E-state index in [0.29, 0.717) is 5.69 Å². The number of carboxylic acid groups (broad SMARTS) is 1. The Balaban J connectivity index is 2.36. The topological polar surface area (TPSA) is 95.5 Å². The van der Waals surface area contributed by atoms with E-state index in [0.717, 1.165) is 5.56 Å². The summed E-state index contributed by atoms with van der Waals surface area (Å²) in [6.45, 7) is 3.28. The van der Waals surface area contributed by atoms with Crippen LogP contribution in [0.2, 0.25) is 0 Å². The van der Waals surface area contributed by atoms with E-state index in [2.05, 4.69) is 10.6 Å². The molecule has 3 N–H and O–H groups in total. The Bertz CT molecular complexity index is 514. The normalized spacial score (nSPS) is 11.5. The number of carbonyl (C=O) groups excluding carboxylic acids is 2. The SMILES string of the molecule is Cc1cccc(NC(=O)CCC(=O)NC(C)C(=O)O)c1. The van der Waals surface area contributed by atoms with E-state index in [1.54, 1.807) is 6.07 Å². The molecule has 0 aliphatic rings. The van der Waals surface area contributed by atoms with Crippen LogP contribution in [0.5, 0.6) is 0 Å². The summed E-state index contributed by atoms with van der Waals surface area (Å²) >= 11 is 0. The van der Waals surface area contributed by atoms with E-state index >= 15 is 0 Å². The summed E-state index contributed by atoms with van der Waals surface area (Å²) in [5, 5.41) is 13.6. The summed E-state index contributed by atoms with van der Waals surface area (Å²) in [6.07, 6.45) is -0.0403. The molecule has 0 heterocycles. The van der Waals surface area contributed by atoms with Gasteiger partial charge < -0.3 is 15.7 Å². The molecule has 1 aromatic rings. The summed E-state index contributed by atoms with van der Waals surface area (Å²) < 4.78 is 0. The van der Waals surface area contributed by atoms with E-state index in [1.165, 1.54) is 6.92 Å². The predicted molar refractivity (Wildman–Crippen MR) is 74.3 cm³/mol. The molecule has 0 radical (unpaired) electrons. The molecule has 0 aliphatic carbocycles. The molecule has 0 aliphatic heterocycles. The molecule has 0 saturated heterocycles. The summed E-state index contributed by atoms with van der Waals surface area (Å²) in [7, 11) is 0. The first-order chi connectivity index (χ1) is 9.38. The number of aliphatic carboxylic acids is 1. The van der Waals surface area contributed by atoms with Crippen LogP contribution in [0, 0.1) is 6.92 Å². The van der Waals surface area contributed by atoms with Crippen LogP contribution < -0.4 is 10.6 Å².